The first kappa shape index (κ1) is 35.9. The number of nitrogens with two attached hydrogens (primary N) is 1. The van der Waals surface area contributed by atoms with Crippen LogP contribution in [0.1, 0.15) is 30.4 Å². The number of halogens is 2. The molecular weight excluding hydrogens is 721 g/mol. The van der Waals surface area contributed by atoms with Crippen LogP contribution in [0.5, 0.6) is 5.88 Å². The molecule has 0 radical (unpaired) electrons. The third kappa shape index (κ3) is 7.15. The van der Waals surface area contributed by atoms with Gasteiger partial charge in [0.05, 0.1) is 41.0 Å². The van der Waals surface area contributed by atoms with Gasteiger partial charge in [0.15, 0.2) is 0 Å². The van der Waals surface area contributed by atoms with Crippen molar-refractivity contribution in [2.75, 3.05) is 20.2 Å². The quantitative estimate of drug-likeness (QED) is 0.163. The molecule has 2 fully saturated rings. The fraction of sp³-hybridized carbons (Fsp3) is 0.263. The smallest absolute Gasteiger partial charge is 0.407 e. The maximum atomic E-state index is 13.3. The summed E-state index contributed by atoms with van der Waals surface area (Å²) >= 11 is 14.2. The van der Waals surface area contributed by atoms with Gasteiger partial charge in [-0.1, -0.05) is 59.6 Å². The van der Waals surface area contributed by atoms with Gasteiger partial charge in [0, 0.05) is 72.3 Å². The number of methoxy groups -OCH3 is 1. The summed E-state index contributed by atoms with van der Waals surface area (Å²) in [6.45, 7) is 1.14. The van der Waals surface area contributed by atoms with E-state index in [1.807, 2.05) is 41.3 Å². The molecule has 1 unspecified atom stereocenters. The van der Waals surface area contributed by atoms with Gasteiger partial charge < -0.3 is 25.8 Å². The van der Waals surface area contributed by atoms with Crippen molar-refractivity contribution in [3.05, 3.63) is 105 Å². The Labute approximate surface area is 313 Å². The summed E-state index contributed by atoms with van der Waals surface area (Å²) in [7, 11) is 1.47. The Kier molecular flexibility index (Phi) is 10.1. The second-order valence-electron chi connectivity index (χ2n) is 13.1. The highest BCUT2D eigenvalue weighted by atomic mass is 35.5. The molecule has 13 nitrogen and oxygen atoms in total. The number of fused-ring (bicyclic) bond motifs is 1. The number of likely N-dealkylation sites (tertiary alicyclic amines) is 1. The first-order valence-corrected chi connectivity index (χ1v) is 17.7. The lowest BCUT2D eigenvalue weighted by Crippen LogP contribution is -2.54. The van der Waals surface area contributed by atoms with E-state index in [0.717, 1.165) is 5.56 Å². The molecule has 3 aromatic heterocycles. The summed E-state index contributed by atoms with van der Waals surface area (Å²) in [5.41, 5.74) is 10.6. The molecule has 2 saturated heterocycles. The number of carbonyl (C=O) groups excluding carboxylic acids is 2. The van der Waals surface area contributed by atoms with Gasteiger partial charge in [0.2, 0.25) is 17.7 Å². The van der Waals surface area contributed by atoms with Crippen LogP contribution >= 0.6 is 23.2 Å². The predicted molar refractivity (Wildman–Crippen MR) is 200 cm³/mol. The lowest BCUT2D eigenvalue weighted by molar-refractivity contribution is -0.127. The van der Waals surface area contributed by atoms with Crippen LogP contribution in [0.25, 0.3) is 39.2 Å². The van der Waals surface area contributed by atoms with E-state index in [2.05, 4.69) is 10.3 Å². The zero-order valence-electron chi connectivity index (χ0n) is 28.6. The molecule has 53 heavy (non-hydrogen) atoms. The average molecular weight is 757 g/mol. The Morgan fingerprint density at radius 2 is 1.72 bits per heavy atom. The van der Waals surface area contributed by atoms with Gasteiger partial charge in [-0.2, -0.15) is 0 Å². The van der Waals surface area contributed by atoms with Crippen LogP contribution < -0.4 is 21.3 Å². The molecule has 3 amide bonds. The molecule has 2 aromatic carbocycles. The van der Waals surface area contributed by atoms with Gasteiger partial charge >= 0.3 is 6.09 Å². The van der Waals surface area contributed by atoms with Crippen LogP contribution in [0.4, 0.5) is 4.79 Å². The lowest BCUT2D eigenvalue weighted by Gasteiger charge is -2.38. The average Bonchev–Trinajstić information content (AvgIpc) is 3.54. The second-order valence-corrected chi connectivity index (χ2v) is 13.8. The number of primary amides is 1. The first-order chi connectivity index (χ1) is 25.5. The molecule has 0 saturated carbocycles. The molecule has 272 valence electrons. The molecule has 2 atom stereocenters. The second kappa shape index (κ2) is 14.9. The summed E-state index contributed by atoms with van der Waals surface area (Å²) in [6, 6.07) is 17.6. The Bertz CT molecular complexity index is 2330. The normalized spacial score (nSPS) is 17.0. The molecule has 0 aliphatic carbocycles. The van der Waals surface area contributed by atoms with E-state index in [1.165, 1.54) is 22.6 Å². The third-order valence-corrected chi connectivity index (χ3v) is 10.6. The molecule has 2 aliphatic rings. The van der Waals surface area contributed by atoms with Gasteiger partial charge in [-0.3, -0.25) is 23.7 Å². The van der Waals surface area contributed by atoms with Gasteiger partial charge in [0.25, 0.3) is 5.56 Å². The number of benzene rings is 2. The molecule has 2 aliphatic heterocycles. The molecule has 4 N–H and O–H groups in total. The standard InChI is InChI=1S/C38H35Cl2N7O6/c1-53-36-22(18-46(38(51)52)20-24-9-11-32(48)43-24)8-10-29(44-36)28-7-3-6-27(34(28)40)26-5-2-4-25(33(26)39)21-12-15-47-31(16-21)42-17-23(37(47)50)19-45-14-13-30(45)35(41)49/h2-8,10,12,15-17,24,30H,9,11,13-14,18-20H2,1H3,(H2,41,49)(H,43,48)(H,51,52)/t24-,30?/m0/s1. The third-order valence-electron chi connectivity index (χ3n) is 9.78. The number of carboxylic acid groups (broad SMARTS) is 1. The molecule has 7 rings (SSSR count). The first-order valence-electron chi connectivity index (χ1n) is 16.9. The number of hydrogen-bond acceptors (Lipinski definition) is 8. The fourth-order valence-electron chi connectivity index (χ4n) is 6.87. The summed E-state index contributed by atoms with van der Waals surface area (Å²) < 4.78 is 7.05. The number of amides is 3. The molecular formula is C38H35Cl2N7O6. The van der Waals surface area contributed by atoms with Crippen LogP contribution in [-0.4, -0.2) is 79.5 Å². The van der Waals surface area contributed by atoms with E-state index in [0.29, 0.717) is 80.6 Å². The van der Waals surface area contributed by atoms with Crippen LogP contribution in [0.15, 0.2) is 77.9 Å². The summed E-state index contributed by atoms with van der Waals surface area (Å²) in [4.78, 5) is 61.0. The number of nitrogens with zero attached hydrogens (tertiary/aromatic N) is 5. The van der Waals surface area contributed by atoms with E-state index >= 15 is 0 Å². The van der Waals surface area contributed by atoms with Gasteiger partial charge in [-0.15, -0.1) is 0 Å². The zero-order valence-corrected chi connectivity index (χ0v) is 30.1. The minimum Gasteiger partial charge on any atom is -0.481 e. The van der Waals surface area contributed by atoms with Crippen LogP contribution in [0.2, 0.25) is 10.0 Å². The van der Waals surface area contributed by atoms with E-state index < -0.39 is 12.0 Å². The minimum atomic E-state index is -1.12. The largest absolute Gasteiger partial charge is 0.481 e. The van der Waals surface area contributed by atoms with Gasteiger partial charge in [-0.25, -0.2) is 14.8 Å². The highest BCUT2D eigenvalue weighted by Gasteiger charge is 2.33. The number of hydrogen-bond donors (Lipinski definition) is 3. The maximum absolute atomic E-state index is 13.3. The maximum Gasteiger partial charge on any atom is 0.407 e. The molecule has 0 spiro atoms. The van der Waals surface area contributed by atoms with E-state index in [-0.39, 0.29) is 49.1 Å². The number of carbonyl (C=O) groups is 3. The van der Waals surface area contributed by atoms with E-state index in [9.17, 15) is 24.3 Å². The van der Waals surface area contributed by atoms with E-state index in [4.69, 9.17) is 38.7 Å². The molecule has 15 heteroatoms. The van der Waals surface area contributed by atoms with Crippen molar-refractivity contribution in [1.82, 2.24) is 29.5 Å². The SMILES string of the molecule is COc1nc(-c2cccc(-c3cccc(-c4ccn5c(=O)c(CN6CCC6C(N)=O)cnc5c4)c3Cl)c2Cl)ccc1CN(C[C@@H]1CCC(=O)N1)C(=O)O. The molecule has 5 heterocycles. The van der Waals surface area contributed by atoms with Crippen molar-refractivity contribution in [3.8, 4) is 39.4 Å². The van der Waals surface area contributed by atoms with Crippen molar-refractivity contribution < 1.29 is 24.2 Å². The van der Waals surface area contributed by atoms with Gasteiger partial charge in [0.1, 0.15) is 5.65 Å². The summed E-state index contributed by atoms with van der Waals surface area (Å²) in [5.74, 6) is -0.240. The molecule has 5 aromatic rings. The van der Waals surface area contributed by atoms with Crippen LogP contribution in [0, 0.1) is 0 Å². The number of rotatable bonds is 11. The Balaban J connectivity index is 1.15. The number of nitrogens with one attached hydrogen (secondary N) is 1. The van der Waals surface area contributed by atoms with Crippen molar-refractivity contribution in [3.63, 3.8) is 0 Å². The van der Waals surface area contributed by atoms with Crippen molar-refractivity contribution in [2.45, 2.75) is 44.4 Å². The minimum absolute atomic E-state index is 0.0183. The van der Waals surface area contributed by atoms with Crippen LogP contribution in [-0.2, 0) is 22.7 Å². The van der Waals surface area contributed by atoms with Crippen molar-refractivity contribution in [2.24, 2.45) is 5.73 Å². The Morgan fingerprint density at radius 3 is 2.36 bits per heavy atom. The zero-order chi connectivity index (χ0) is 37.4. The number of ether oxygens (including phenoxy) is 1. The monoisotopic (exact) mass is 755 g/mol. The highest BCUT2D eigenvalue weighted by Crippen LogP contribution is 2.42. The Hall–Kier alpha value is -5.50. The van der Waals surface area contributed by atoms with Crippen molar-refractivity contribution >= 4 is 46.8 Å². The number of aromatic nitrogens is 3. The fourth-order valence-corrected chi connectivity index (χ4v) is 7.53. The van der Waals surface area contributed by atoms with Crippen LogP contribution in [0.3, 0.4) is 0 Å². The summed E-state index contributed by atoms with van der Waals surface area (Å²) in [6.07, 6.45) is 3.70. The topological polar surface area (TPSA) is 172 Å². The summed E-state index contributed by atoms with van der Waals surface area (Å²) in [5, 5.41) is 13.5. The Morgan fingerprint density at radius 1 is 1.00 bits per heavy atom. The predicted octanol–water partition coefficient (Wildman–Crippen LogP) is 5.22. The molecule has 0 bridgehead atoms. The van der Waals surface area contributed by atoms with Gasteiger partial charge in [-0.05, 0) is 42.7 Å². The highest BCUT2D eigenvalue weighted by molar-refractivity contribution is 6.39. The van der Waals surface area contributed by atoms with E-state index in [1.54, 1.807) is 30.5 Å². The van der Waals surface area contributed by atoms with Crippen molar-refractivity contribution in [1.29, 1.82) is 0 Å². The number of pyridine rings is 2. The lowest BCUT2D eigenvalue weighted by atomic mass is 9.97.